The van der Waals surface area contributed by atoms with Gasteiger partial charge in [0.25, 0.3) is 11.8 Å². The number of piperazine rings is 1. The van der Waals surface area contributed by atoms with E-state index in [0.717, 1.165) is 25.7 Å². The van der Waals surface area contributed by atoms with Crippen LogP contribution >= 0.6 is 0 Å². The fourth-order valence-corrected chi connectivity index (χ4v) is 5.12. The summed E-state index contributed by atoms with van der Waals surface area (Å²) in [6.45, 7) is 6.14. The van der Waals surface area contributed by atoms with Crippen LogP contribution in [0.15, 0.2) is 48.9 Å². The predicted octanol–water partition coefficient (Wildman–Crippen LogP) is 4.24. The third-order valence-electron chi connectivity index (χ3n) is 7.49. The Morgan fingerprint density at radius 2 is 1.70 bits per heavy atom. The van der Waals surface area contributed by atoms with Gasteiger partial charge in [0.05, 0.1) is 23.0 Å². The molecule has 9 nitrogen and oxygen atoms in total. The molecule has 0 saturated carbocycles. The highest BCUT2D eigenvalue weighted by molar-refractivity contribution is 6.14. The summed E-state index contributed by atoms with van der Waals surface area (Å²) >= 11 is 0. The molecule has 40 heavy (non-hydrogen) atoms. The highest BCUT2D eigenvalue weighted by Gasteiger charge is 2.35. The average molecular weight is 554 g/mol. The van der Waals surface area contributed by atoms with Gasteiger partial charge in [0.15, 0.2) is 5.82 Å². The van der Waals surface area contributed by atoms with E-state index in [1.807, 2.05) is 4.90 Å². The number of nitrogens with one attached hydrogen (secondary N) is 1. The number of alkyl halides is 3. The Labute approximate surface area is 230 Å². The minimum Gasteiger partial charge on any atom is -0.327 e. The first-order chi connectivity index (χ1) is 19.1. The molecule has 2 aliphatic rings. The van der Waals surface area contributed by atoms with E-state index >= 15 is 0 Å². The van der Waals surface area contributed by atoms with Crippen molar-refractivity contribution in [2.24, 2.45) is 0 Å². The van der Waals surface area contributed by atoms with Gasteiger partial charge in [-0.2, -0.15) is 13.2 Å². The van der Waals surface area contributed by atoms with Gasteiger partial charge in [0, 0.05) is 58.1 Å². The van der Waals surface area contributed by atoms with Gasteiger partial charge in [0.2, 0.25) is 0 Å². The number of halogens is 3. The molecule has 1 saturated heterocycles. The van der Waals surface area contributed by atoms with E-state index < -0.39 is 17.6 Å². The third-order valence-corrected chi connectivity index (χ3v) is 7.49. The summed E-state index contributed by atoms with van der Waals surface area (Å²) in [5, 5.41) is 2.65. The second-order valence-corrected chi connectivity index (χ2v) is 9.92. The van der Waals surface area contributed by atoms with Crippen molar-refractivity contribution in [3.05, 3.63) is 71.2 Å². The molecule has 2 aromatic carbocycles. The highest BCUT2D eigenvalue weighted by Crippen LogP contribution is 2.38. The van der Waals surface area contributed by atoms with E-state index in [0.29, 0.717) is 35.8 Å². The zero-order valence-electron chi connectivity index (χ0n) is 22.5. The molecule has 2 aliphatic heterocycles. The zero-order valence-corrected chi connectivity index (χ0v) is 22.5. The molecule has 1 fully saturated rings. The molecular formula is C28H30F3N7O2. The van der Waals surface area contributed by atoms with Gasteiger partial charge in [-0.05, 0) is 42.4 Å². The summed E-state index contributed by atoms with van der Waals surface area (Å²) in [6.07, 6.45) is -1.68. The highest BCUT2D eigenvalue weighted by atomic mass is 19.4. The van der Waals surface area contributed by atoms with Crippen LogP contribution in [0, 0.1) is 0 Å². The number of benzene rings is 2. The number of hydrogen-bond acceptors (Lipinski definition) is 7. The molecule has 0 aliphatic carbocycles. The van der Waals surface area contributed by atoms with Gasteiger partial charge in [-0.25, -0.2) is 9.97 Å². The van der Waals surface area contributed by atoms with Crippen LogP contribution in [0.4, 0.5) is 36.1 Å². The van der Waals surface area contributed by atoms with Gasteiger partial charge in [-0.3, -0.25) is 14.5 Å². The molecule has 1 N–H and O–H groups in total. The second-order valence-electron chi connectivity index (χ2n) is 9.92. The van der Waals surface area contributed by atoms with E-state index in [1.54, 1.807) is 37.3 Å². The monoisotopic (exact) mass is 553 g/mol. The molecule has 5 rings (SSSR count). The van der Waals surface area contributed by atoms with Crippen LogP contribution in [-0.4, -0.2) is 78.4 Å². The summed E-state index contributed by atoms with van der Waals surface area (Å²) in [5.74, 6) is -0.506. The molecule has 0 atom stereocenters. The number of carbonyl (C=O) groups excluding carboxylic acids is 2. The Bertz CT molecular complexity index is 1440. The van der Waals surface area contributed by atoms with Crippen molar-refractivity contribution in [2.75, 3.05) is 61.9 Å². The largest absolute Gasteiger partial charge is 0.416 e. The molecule has 0 spiro atoms. The fourth-order valence-electron chi connectivity index (χ4n) is 5.12. The Morgan fingerprint density at radius 3 is 2.40 bits per heavy atom. The summed E-state index contributed by atoms with van der Waals surface area (Å²) in [4.78, 5) is 42.0. The first-order valence-electron chi connectivity index (χ1n) is 13.0. The van der Waals surface area contributed by atoms with Crippen molar-refractivity contribution < 1.29 is 22.8 Å². The maximum absolute atomic E-state index is 14.0. The molecule has 210 valence electrons. The lowest BCUT2D eigenvalue weighted by Gasteiger charge is -2.34. The summed E-state index contributed by atoms with van der Waals surface area (Å²) in [6, 6.07) is 8.47. The topological polar surface area (TPSA) is 84.9 Å². The van der Waals surface area contributed by atoms with Gasteiger partial charge in [0.1, 0.15) is 12.0 Å². The van der Waals surface area contributed by atoms with Crippen molar-refractivity contribution in [2.45, 2.75) is 19.6 Å². The van der Waals surface area contributed by atoms with Gasteiger partial charge in [-0.1, -0.05) is 13.0 Å². The maximum Gasteiger partial charge on any atom is 0.416 e. The van der Waals surface area contributed by atoms with E-state index in [9.17, 15) is 22.8 Å². The molecular weight excluding hydrogens is 523 g/mol. The molecule has 3 aromatic rings. The lowest BCUT2D eigenvalue weighted by molar-refractivity contribution is -0.138. The van der Waals surface area contributed by atoms with E-state index in [4.69, 9.17) is 0 Å². The molecule has 2 amide bonds. The first-order valence-corrected chi connectivity index (χ1v) is 13.0. The lowest BCUT2D eigenvalue weighted by atomic mass is 10.0. The molecule has 0 radical (unpaired) electrons. The number of likely N-dealkylation sites (N-methyl/N-ethyl adjacent to an activating group) is 1. The van der Waals surface area contributed by atoms with Crippen molar-refractivity contribution >= 4 is 34.7 Å². The summed E-state index contributed by atoms with van der Waals surface area (Å²) < 4.78 is 42.1. The van der Waals surface area contributed by atoms with Crippen LogP contribution in [0.2, 0.25) is 0 Å². The lowest BCUT2D eigenvalue weighted by Crippen LogP contribution is -2.45. The van der Waals surface area contributed by atoms with Gasteiger partial charge < -0.3 is 20.0 Å². The standard InChI is InChI=1S/C28H30F3N7O2/c1-4-37-9-11-38(12-10-37)16-19-6-5-18(13-22(19)28(29,30)31)26(39)34-20-7-8-23-21(14-20)27(40)36(3)24-15-32-17-33-25(24)35(23)2/h5-8,13-15,17H,4,9-12,16H2,1-3H3,(H,34,39). The third kappa shape index (κ3) is 5.36. The summed E-state index contributed by atoms with van der Waals surface area (Å²) in [5.41, 5.74) is 0.859. The zero-order chi connectivity index (χ0) is 28.6. The number of nitrogens with zero attached hydrogens (tertiary/aromatic N) is 6. The number of hydrogen-bond donors (Lipinski definition) is 1. The fraction of sp³-hybridized carbons (Fsp3) is 0.357. The van der Waals surface area contributed by atoms with Crippen LogP contribution in [0.25, 0.3) is 0 Å². The second kappa shape index (κ2) is 10.9. The minimum atomic E-state index is -4.61. The van der Waals surface area contributed by atoms with Crippen molar-refractivity contribution in [3.8, 4) is 0 Å². The minimum absolute atomic E-state index is 0.120. The van der Waals surface area contributed by atoms with Crippen LogP contribution in [0.5, 0.6) is 0 Å². The van der Waals surface area contributed by atoms with Crippen molar-refractivity contribution in [3.63, 3.8) is 0 Å². The smallest absolute Gasteiger partial charge is 0.327 e. The van der Waals surface area contributed by atoms with Crippen molar-refractivity contribution in [1.82, 2.24) is 19.8 Å². The number of amides is 2. The molecule has 1 aromatic heterocycles. The van der Waals surface area contributed by atoms with Gasteiger partial charge in [-0.15, -0.1) is 0 Å². The first kappa shape index (κ1) is 27.5. The molecule has 0 bridgehead atoms. The Morgan fingerprint density at radius 1 is 0.975 bits per heavy atom. The Balaban J connectivity index is 1.38. The average Bonchev–Trinajstić information content (AvgIpc) is 3.02. The summed E-state index contributed by atoms with van der Waals surface area (Å²) in [7, 11) is 3.36. The van der Waals surface area contributed by atoms with Crippen LogP contribution < -0.4 is 15.1 Å². The Kier molecular flexibility index (Phi) is 7.47. The number of aromatic nitrogens is 2. The Hall–Kier alpha value is -4.03. The maximum atomic E-state index is 14.0. The quantitative estimate of drug-likeness (QED) is 0.506. The van der Waals surface area contributed by atoms with E-state index in [-0.39, 0.29) is 29.3 Å². The van der Waals surface area contributed by atoms with E-state index in [1.165, 1.54) is 29.4 Å². The normalized spacial score (nSPS) is 16.4. The van der Waals surface area contributed by atoms with E-state index in [2.05, 4.69) is 27.1 Å². The number of rotatable bonds is 5. The number of anilines is 4. The van der Waals surface area contributed by atoms with Gasteiger partial charge >= 0.3 is 6.18 Å². The number of carbonyl (C=O) groups is 2. The van der Waals surface area contributed by atoms with Crippen LogP contribution in [-0.2, 0) is 12.7 Å². The molecule has 3 heterocycles. The number of fused-ring (bicyclic) bond motifs is 2. The van der Waals surface area contributed by atoms with Crippen molar-refractivity contribution in [1.29, 1.82) is 0 Å². The predicted molar refractivity (Wildman–Crippen MR) is 146 cm³/mol. The van der Waals surface area contributed by atoms with Crippen LogP contribution in [0.1, 0.15) is 38.8 Å². The molecule has 0 unspecified atom stereocenters. The SMILES string of the molecule is CCN1CCN(Cc2ccc(C(=O)Nc3ccc4c(c3)C(=O)N(C)c3cncnc3N4C)cc2C(F)(F)F)CC1. The van der Waals surface area contributed by atoms with Crippen LogP contribution in [0.3, 0.4) is 0 Å². The molecule has 12 heteroatoms.